The molecular weight excluding hydrogens is 300 g/mol. The fourth-order valence-electron chi connectivity index (χ4n) is 5.12. The molecule has 0 aromatic carbocycles. The van der Waals surface area contributed by atoms with Crippen LogP contribution in [0.15, 0.2) is 6.07 Å². The molecule has 2 saturated heterocycles. The van der Waals surface area contributed by atoms with E-state index in [4.69, 9.17) is 0 Å². The zero-order valence-corrected chi connectivity index (χ0v) is 15.2. The Bertz CT molecular complexity index is 572. The van der Waals surface area contributed by atoms with Crippen LogP contribution >= 0.6 is 0 Å². The average molecular weight is 332 g/mol. The summed E-state index contributed by atoms with van der Waals surface area (Å²) < 4.78 is 2.02. The number of hydrogen-bond donors (Lipinski definition) is 1. The third kappa shape index (κ3) is 2.91. The van der Waals surface area contributed by atoms with Gasteiger partial charge in [-0.1, -0.05) is 6.42 Å². The first kappa shape index (κ1) is 16.6. The fourth-order valence-corrected chi connectivity index (χ4v) is 5.12. The molecule has 1 aromatic heterocycles. The molecule has 0 bridgehead atoms. The van der Waals surface area contributed by atoms with Gasteiger partial charge in [0, 0.05) is 45.2 Å². The number of aliphatic hydroxyl groups excluding tert-OH is 1. The van der Waals surface area contributed by atoms with Crippen molar-refractivity contribution in [3.05, 3.63) is 17.5 Å². The van der Waals surface area contributed by atoms with Crippen molar-refractivity contribution in [3.63, 3.8) is 0 Å². The van der Waals surface area contributed by atoms with Crippen molar-refractivity contribution in [2.45, 2.75) is 51.6 Å². The van der Waals surface area contributed by atoms with Crippen molar-refractivity contribution in [3.8, 4) is 0 Å². The van der Waals surface area contributed by atoms with Crippen LogP contribution in [0.2, 0.25) is 0 Å². The molecule has 1 aliphatic carbocycles. The number of nitrogens with zero attached hydrogens (tertiary/aromatic N) is 4. The highest BCUT2D eigenvalue weighted by molar-refractivity contribution is 5.09. The SMILES string of the molecule is Cc1cc(CN2CCC3(CC2)CN(C2CCC2)CC3CO)n(C)n1. The molecule has 3 heterocycles. The number of aliphatic hydroxyl groups is 1. The molecule has 5 heteroatoms. The standard InChI is InChI=1S/C19H32N4O/c1-15-10-18(21(2)20-15)12-22-8-6-19(7-9-22)14-23(11-16(19)13-24)17-4-3-5-17/h10,16-17,24H,3-9,11-14H2,1-2H3. The van der Waals surface area contributed by atoms with Crippen LogP contribution in [0.25, 0.3) is 0 Å². The van der Waals surface area contributed by atoms with Gasteiger partial charge in [-0.05, 0) is 57.2 Å². The minimum absolute atomic E-state index is 0.364. The van der Waals surface area contributed by atoms with Gasteiger partial charge in [0.15, 0.2) is 0 Å². The predicted molar refractivity (Wildman–Crippen MR) is 94.7 cm³/mol. The molecular formula is C19H32N4O. The van der Waals surface area contributed by atoms with Gasteiger partial charge in [-0.15, -0.1) is 0 Å². The van der Waals surface area contributed by atoms with Gasteiger partial charge in [-0.2, -0.15) is 5.10 Å². The Hall–Kier alpha value is -0.910. The maximum Gasteiger partial charge on any atom is 0.0597 e. The first-order valence-electron chi connectivity index (χ1n) is 9.66. The van der Waals surface area contributed by atoms with E-state index in [2.05, 4.69) is 27.9 Å². The van der Waals surface area contributed by atoms with Crippen LogP contribution in [-0.4, -0.2) is 63.5 Å². The number of hydrogen-bond acceptors (Lipinski definition) is 4. The molecule has 1 spiro atoms. The van der Waals surface area contributed by atoms with Crippen molar-refractivity contribution in [1.29, 1.82) is 0 Å². The van der Waals surface area contributed by atoms with Crippen molar-refractivity contribution in [2.75, 3.05) is 32.8 Å². The van der Waals surface area contributed by atoms with E-state index in [9.17, 15) is 5.11 Å². The quantitative estimate of drug-likeness (QED) is 0.913. The van der Waals surface area contributed by atoms with Crippen molar-refractivity contribution >= 4 is 0 Å². The molecule has 24 heavy (non-hydrogen) atoms. The van der Waals surface area contributed by atoms with Crippen LogP contribution in [-0.2, 0) is 13.6 Å². The number of likely N-dealkylation sites (tertiary alicyclic amines) is 2. The van der Waals surface area contributed by atoms with E-state index >= 15 is 0 Å². The summed E-state index contributed by atoms with van der Waals surface area (Å²) in [6, 6.07) is 3.02. The van der Waals surface area contributed by atoms with Crippen LogP contribution in [0.1, 0.15) is 43.5 Å². The number of piperidine rings is 1. The Morgan fingerprint density at radius 2 is 2.04 bits per heavy atom. The van der Waals surface area contributed by atoms with Crippen LogP contribution in [0.5, 0.6) is 0 Å². The van der Waals surface area contributed by atoms with Gasteiger partial charge in [0.1, 0.15) is 0 Å². The summed E-state index contributed by atoms with van der Waals surface area (Å²) >= 11 is 0. The van der Waals surface area contributed by atoms with Gasteiger partial charge in [0.05, 0.1) is 11.4 Å². The first-order valence-corrected chi connectivity index (χ1v) is 9.66. The number of aromatic nitrogens is 2. The summed E-state index contributed by atoms with van der Waals surface area (Å²) in [5, 5.41) is 14.4. The van der Waals surface area contributed by atoms with Gasteiger partial charge in [0.25, 0.3) is 0 Å². The molecule has 1 unspecified atom stereocenters. The second-order valence-corrected chi connectivity index (χ2v) is 8.43. The smallest absolute Gasteiger partial charge is 0.0597 e. The Labute approximate surface area is 145 Å². The lowest BCUT2D eigenvalue weighted by atomic mass is 9.71. The summed E-state index contributed by atoms with van der Waals surface area (Å²) in [7, 11) is 2.04. The highest BCUT2D eigenvalue weighted by Gasteiger charge is 2.49. The number of rotatable bonds is 4. The Morgan fingerprint density at radius 1 is 1.29 bits per heavy atom. The van der Waals surface area contributed by atoms with E-state index in [1.807, 2.05) is 11.7 Å². The minimum Gasteiger partial charge on any atom is -0.396 e. The monoisotopic (exact) mass is 332 g/mol. The highest BCUT2D eigenvalue weighted by atomic mass is 16.3. The largest absolute Gasteiger partial charge is 0.396 e. The molecule has 3 fully saturated rings. The molecule has 1 atom stereocenters. The first-order chi connectivity index (χ1) is 11.6. The van der Waals surface area contributed by atoms with Crippen molar-refractivity contribution < 1.29 is 5.11 Å². The lowest BCUT2D eigenvalue weighted by molar-refractivity contribution is 0.0445. The van der Waals surface area contributed by atoms with Gasteiger partial charge in [-0.25, -0.2) is 0 Å². The summed E-state index contributed by atoms with van der Waals surface area (Å²) in [5.41, 5.74) is 2.78. The van der Waals surface area contributed by atoms with Gasteiger partial charge >= 0.3 is 0 Å². The molecule has 134 valence electrons. The Balaban J connectivity index is 1.38. The average Bonchev–Trinajstić information content (AvgIpc) is 3.00. The zero-order valence-electron chi connectivity index (χ0n) is 15.2. The maximum atomic E-state index is 9.96. The van der Waals surface area contributed by atoms with Gasteiger partial charge in [0.2, 0.25) is 0 Å². The molecule has 3 aliphatic rings. The van der Waals surface area contributed by atoms with E-state index < -0.39 is 0 Å². The molecule has 0 radical (unpaired) electrons. The summed E-state index contributed by atoms with van der Waals surface area (Å²) in [5.74, 6) is 0.485. The Kier molecular flexibility index (Phi) is 4.43. The third-order valence-corrected chi connectivity index (χ3v) is 6.99. The minimum atomic E-state index is 0.364. The summed E-state index contributed by atoms with van der Waals surface area (Å²) in [6.07, 6.45) is 6.62. The lowest BCUT2D eigenvalue weighted by Crippen LogP contribution is -2.45. The topological polar surface area (TPSA) is 44.5 Å². The van der Waals surface area contributed by atoms with E-state index in [1.165, 1.54) is 44.3 Å². The van der Waals surface area contributed by atoms with Gasteiger partial charge in [-0.3, -0.25) is 14.5 Å². The molecule has 0 amide bonds. The maximum absolute atomic E-state index is 9.96. The van der Waals surface area contributed by atoms with Crippen LogP contribution in [0, 0.1) is 18.3 Å². The number of aryl methyl sites for hydroxylation is 2. The van der Waals surface area contributed by atoms with Crippen molar-refractivity contribution in [1.82, 2.24) is 19.6 Å². The lowest BCUT2D eigenvalue weighted by Gasteiger charge is -2.43. The van der Waals surface area contributed by atoms with E-state index in [0.717, 1.165) is 37.9 Å². The van der Waals surface area contributed by atoms with Gasteiger partial charge < -0.3 is 5.11 Å². The molecule has 1 saturated carbocycles. The molecule has 4 rings (SSSR count). The molecule has 5 nitrogen and oxygen atoms in total. The van der Waals surface area contributed by atoms with Crippen LogP contribution < -0.4 is 0 Å². The summed E-state index contributed by atoms with van der Waals surface area (Å²) in [4.78, 5) is 5.27. The fraction of sp³-hybridized carbons (Fsp3) is 0.842. The van der Waals surface area contributed by atoms with Crippen LogP contribution in [0.4, 0.5) is 0 Å². The zero-order chi connectivity index (χ0) is 16.7. The van der Waals surface area contributed by atoms with E-state index in [0.29, 0.717) is 17.9 Å². The van der Waals surface area contributed by atoms with E-state index in [-0.39, 0.29) is 0 Å². The molecule has 2 aliphatic heterocycles. The normalized spacial score (nSPS) is 28.5. The Morgan fingerprint density at radius 3 is 2.58 bits per heavy atom. The predicted octanol–water partition coefficient (Wildman–Crippen LogP) is 1.79. The van der Waals surface area contributed by atoms with E-state index in [1.54, 1.807) is 0 Å². The summed E-state index contributed by atoms with van der Waals surface area (Å²) in [6.45, 7) is 8.09. The molecule has 1 aromatic rings. The van der Waals surface area contributed by atoms with Crippen LogP contribution in [0.3, 0.4) is 0 Å². The second kappa shape index (κ2) is 6.43. The molecule has 1 N–H and O–H groups in total. The second-order valence-electron chi connectivity index (χ2n) is 8.43. The highest BCUT2D eigenvalue weighted by Crippen LogP contribution is 2.46. The van der Waals surface area contributed by atoms with Crippen molar-refractivity contribution in [2.24, 2.45) is 18.4 Å². The third-order valence-electron chi connectivity index (χ3n) is 6.99.